The highest BCUT2D eigenvalue weighted by Crippen LogP contribution is 2.55. The van der Waals surface area contributed by atoms with E-state index in [1.807, 2.05) is 0 Å². The van der Waals surface area contributed by atoms with E-state index < -0.39 is 16.9 Å². The highest BCUT2D eigenvalue weighted by Gasteiger charge is 2.54. The molecule has 4 nitrogen and oxygen atoms in total. The molecular formula is C17H19NO3S. The minimum atomic E-state index is -1.68. The van der Waals surface area contributed by atoms with Crippen LogP contribution in [-0.4, -0.2) is 20.3 Å². The molecule has 1 aromatic rings. The van der Waals surface area contributed by atoms with Crippen molar-refractivity contribution in [2.75, 3.05) is 0 Å². The second-order valence-electron chi connectivity index (χ2n) is 6.90. The maximum Gasteiger partial charge on any atom is 0.274 e. The molecule has 0 spiro atoms. The lowest BCUT2D eigenvalue weighted by molar-refractivity contribution is -0.131. The molecule has 6 unspecified atom stereocenters. The molecule has 2 saturated carbocycles. The molecule has 2 aliphatic carbocycles. The van der Waals surface area contributed by atoms with Gasteiger partial charge >= 0.3 is 0 Å². The third kappa shape index (κ3) is 1.72. The largest absolute Gasteiger partial charge is 0.274 e. The first-order valence-electron chi connectivity index (χ1n) is 7.90. The van der Waals surface area contributed by atoms with Gasteiger partial charge in [0, 0.05) is 5.92 Å². The molecule has 22 heavy (non-hydrogen) atoms. The van der Waals surface area contributed by atoms with Crippen LogP contribution < -0.4 is 0 Å². The number of fused-ring (bicyclic) bond motifs is 3. The van der Waals surface area contributed by atoms with Crippen molar-refractivity contribution >= 4 is 22.8 Å². The number of benzene rings is 1. The topological polar surface area (TPSA) is 54.5 Å². The Labute approximate surface area is 132 Å². The number of carbonyl (C=O) groups excluding carboxylic acids is 2. The molecule has 0 radical (unpaired) electrons. The molecule has 3 aliphatic rings. The average molecular weight is 317 g/mol. The molecule has 6 atom stereocenters. The Morgan fingerprint density at radius 3 is 2.55 bits per heavy atom. The molecular weight excluding hydrogens is 298 g/mol. The number of imide groups is 1. The molecule has 4 rings (SSSR count). The van der Waals surface area contributed by atoms with Gasteiger partial charge in [0.1, 0.15) is 0 Å². The van der Waals surface area contributed by atoms with E-state index in [4.69, 9.17) is 0 Å². The molecule has 1 aromatic carbocycles. The van der Waals surface area contributed by atoms with Gasteiger partial charge in [-0.2, -0.15) is 4.31 Å². The number of nitrogens with zero attached hydrogens (tertiary/aromatic N) is 1. The molecule has 1 aliphatic heterocycles. The molecule has 0 aromatic heterocycles. The summed E-state index contributed by atoms with van der Waals surface area (Å²) in [7, 11) is -1.68. The van der Waals surface area contributed by atoms with Gasteiger partial charge in [0.25, 0.3) is 5.91 Å². The molecule has 2 amide bonds. The quantitative estimate of drug-likeness (QED) is 0.748. The Morgan fingerprint density at radius 1 is 1.18 bits per heavy atom. The number of amides is 2. The van der Waals surface area contributed by atoms with Crippen LogP contribution in [0.5, 0.6) is 0 Å². The fourth-order valence-electron chi connectivity index (χ4n) is 4.64. The summed E-state index contributed by atoms with van der Waals surface area (Å²) in [5.41, 5.74) is 0.402. The Bertz CT molecular complexity index is 664. The minimum Gasteiger partial charge on any atom is -0.273 e. The molecule has 0 saturated heterocycles. The molecule has 2 fully saturated rings. The first-order valence-corrected chi connectivity index (χ1v) is 9.00. The molecule has 1 heterocycles. The van der Waals surface area contributed by atoms with Crippen LogP contribution >= 0.6 is 0 Å². The Kier molecular flexibility index (Phi) is 3.05. The van der Waals surface area contributed by atoms with E-state index in [1.165, 1.54) is 0 Å². The van der Waals surface area contributed by atoms with Gasteiger partial charge in [0.05, 0.1) is 10.5 Å². The van der Waals surface area contributed by atoms with Gasteiger partial charge in [0.15, 0.2) is 11.0 Å². The fraction of sp³-hybridized carbons (Fsp3) is 0.529. The molecule has 2 bridgehead atoms. The van der Waals surface area contributed by atoms with Crippen molar-refractivity contribution in [3.8, 4) is 0 Å². The van der Waals surface area contributed by atoms with Crippen LogP contribution in [0.1, 0.15) is 37.0 Å². The lowest BCUT2D eigenvalue weighted by Crippen LogP contribution is -2.41. The van der Waals surface area contributed by atoms with E-state index in [9.17, 15) is 13.8 Å². The second kappa shape index (κ2) is 4.75. The van der Waals surface area contributed by atoms with E-state index in [2.05, 4.69) is 13.8 Å². The predicted molar refractivity (Wildman–Crippen MR) is 82.1 cm³/mol. The van der Waals surface area contributed by atoms with E-state index in [0.29, 0.717) is 34.1 Å². The molecule has 5 heteroatoms. The van der Waals surface area contributed by atoms with Gasteiger partial charge in [-0.05, 0) is 48.6 Å². The lowest BCUT2D eigenvalue weighted by Gasteiger charge is -2.32. The van der Waals surface area contributed by atoms with E-state index in [-0.39, 0.29) is 11.8 Å². The summed E-state index contributed by atoms with van der Waals surface area (Å²) in [6, 6.07) is 6.80. The zero-order chi connectivity index (χ0) is 15.6. The maximum absolute atomic E-state index is 12.9. The molecule has 116 valence electrons. The number of hydrogen-bond acceptors (Lipinski definition) is 3. The van der Waals surface area contributed by atoms with Crippen molar-refractivity contribution in [1.82, 2.24) is 4.31 Å². The van der Waals surface area contributed by atoms with Gasteiger partial charge < -0.3 is 0 Å². The summed E-state index contributed by atoms with van der Waals surface area (Å²) in [6.07, 6.45) is 1.91. The maximum atomic E-state index is 12.9. The summed E-state index contributed by atoms with van der Waals surface area (Å²) in [4.78, 5) is 25.8. The summed E-state index contributed by atoms with van der Waals surface area (Å²) in [6.45, 7) is 4.46. The van der Waals surface area contributed by atoms with Crippen LogP contribution in [0.4, 0.5) is 0 Å². The van der Waals surface area contributed by atoms with Crippen molar-refractivity contribution < 1.29 is 13.8 Å². The van der Waals surface area contributed by atoms with E-state index in [0.717, 1.165) is 17.1 Å². The highest BCUT2D eigenvalue weighted by atomic mass is 32.2. The van der Waals surface area contributed by atoms with Gasteiger partial charge in [-0.3, -0.25) is 9.59 Å². The van der Waals surface area contributed by atoms with Crippen LogP contribution in [0.25, 0.3) is 0 Å². The third-order valence-corrected chi connectivity index (χ3v) is 7.48. The van der Waals surface area contributed by atoms with E-state index in [1.54, 1.807) is 24.3 Å². The van der Waals surface area contributed by atoms with Crippen LogP contribution in [0.15, 0.2) is 29.2 Å². The Hall–Kier alpha value is -1.49. The first kappa shape index (κ1) is 14.1. The summed E-state index contributed by atoms with van der Waals surface area (Å²) < 4.78 is 13.6. The SMILES string of the molecule is CC1C2CC(C(=O)N3C(=O)c4ccccc4S3=O)C(C2)C1C. The average Bonchev–Trinajstić information content (AvgIpc) is 3.14. The van der Waals surface area contributed by atoms with Crippen molar-refractivity contribution in [3.05, 3.63) is 29.8 Å². The van der Waals surface area contributed by atoms with Gasteiger partial charge in [-0.15, -0.1) is 0 Å². The Morgan fingerprint density at radius 2 is 1.91 bits per heavy atom. The summed E-state index contributed by atoms with van der Waals surface area (Å²) >= 11 is 0. The predicted octanol–water partition coefficient (Wildman–Crippen LogP) is 2.62. The minimum absolute atomic E-state index is 0.140. The van der Waals surface area contributed by atoms with Gasteiger partial charge in [-0.1, -0.05) is 26.0 Å². The van der Waals surface area contributed by atoms with Crippen LogP contribution in [0.3, 0.4) is 0 Å². The van der Waals surface area contributed by atoms with Crippen LogP contribution in [0.2, 0.25) is 0 Å². The normalized spacial score (nSPS) is 39.4. The monoisotopic (exact) mass is 317 g/mol. The van der Waals surface area contributed by atoms with E-state index >= 15 is 0 Å². The fourth-order valence-corrected chi connectivity index (χ4v) is 5.92. The lowest BCUT2D eigenvalue weighted by atomic mass is 9.75. The first-order chi connectivity index (χ1) is 10.5. The standard InChI is InChI=1S/C17H19NO3S/c1-9-10(2)13-7-11(9)8-14(13)17(20)18-16(19)12-5-3-4-6-15(12)22(18)21/h3-6,9-11,13-14H,7-8H2,1-2H3. The highest BCUT2D eigenvalue weighted by molar-refractivity contribution is 7.84. The summed E-state index contributed by atoms with van der Waals surface area (Å²) in [5, 5.41) is 0. The smallest absolute Gasteiger partial charge is 0.273 e. The van der Waals surface area contributed by atoms with Gasteiger partial charge in [-0.25, -0.2) is 4.21 Å². The third-order valence-electron chi connectivity index (χ3n) is 6.07. The van der Waals surface area contributed by atoms with Crippen LogP contribution in [-0.2, 0) is 15.8 Å². The Balaban J connectivity index is 1.63. The number of carbonyl (C=O) groups is 2. The van der Waals surface area contributed by atoms with Crippen molar-refractivity contribution in [3.63, 3.8) is 0 Å². The molecule has 0 N–H and O–H groups in total. The van der Waals surface area contributed by atoms with Crippen molar-refractivity contribution in [1.29, 1.82) is 0 Å². The van der Waals surface area contributed by atoms with Crippen molar-refractivity contribution in [2.45, 2.75) is 31.6 Å². The zero-order valence-electron chi connectivity index (χ0n) is 12.7. The second-order valence-corrected chi connectivity index (χ2v) is 8.21. The zero-order valence-corrected chi connectivity index (χ0v) is 13.5. The number of rotatable bonds is 1. The number of hydrogen-bond donors (Lipinski definition) is 0. The van der Waals surface area contributed by atoms with Crippen molar-refractivity contribution in [2.24, 2.45) is 29.6 Å². The van der Waals surface area contributed by atoms with Crippen LogP contribution in [0, 0.1) is 29.6 Å². The van der Waals surface area contributed by atoms with Gasteiger partial charge in [0.2, 0.25) is 5.91 Å². The summed E-state index contributed by atoms with van der Waals surface area (Å²) in [5.74, 6) is 1.28.